The predicted molar refractivity (Wildman–Crippen MR) is 51.3 cm³/mol. The van der Waals surface area contributed by atoms with E-state index in [1.54, 1.807) is 6.92 Å². The molecule has 0 fully saturated rings. The second-order valence-electron chi connectivity index (χ2n) is 2.61. The highest BCUT2D eigenvalue weighted by Crippen LogP contribution is 2.16. The Balaban J connectivity index is 2.13. The molecule has 1 amide bonds. The van der Waals surface area contributed by atoms with Gasteiger partial charge < -0.3 is 4.42 Å². The number of amides is 1. The van der Waals surface area contributed by atoms with E-state index in [1.165, 1.54) is 11.8 Å². The van der Waals surface area contributed by atoms with Crippen LogP contribution in [0.25, 0.3) is 0 Å². The zero-order valence-corrected chi connectivity index (χ0v) is 8.63. The Morgan fingerprint density at radius 1 is 1.64 bits per heavy atom. The number of nitrogens with one attached hydrogen (secondary N) is 1. The number of aryl methyl sites for hydroxylation is 1. The van der Waals surface area contributed by atoms with E-state index in [0.717, 1.165) is 12.2 Å². The summed E-state index contributed by atoms with van der Waals surface area (Å²) >= 11 is 1.43. The molecule has 0 aromatic carbocycles. The first-order valence-electron chi connectivity index (χ1n) is 4.14. The second-order valence-corrected chi connectivity index (χ2v) is 3.65. The van der Waals surface area contributed by atoms with Crippen molar-refractivity contribution in [3.05, 3.63) is 5.89 Å². The van der Waals surface area contributed by atoms with Gasteiger partial charge >= 0.3 is 0 Å². The quantitative estimate of drug-likeness (QED) is 0.241. The van der Waals surface area contributed by atoms with Crippen LogP contribution >= 0.6 is 11.8 Å². The maximum Gasteiger partial charge on any atom is 0.276 e. The van der Waals surface area contributed by atoms with Crippen molar-refractivity contribution in [1.82, 2.24) is 15.6 Å². The fraction of sp³-hybridized carbons (Fsp3) is 0.571. The first-order valence-corrected chi connectivity index (χ1v) is 5.13. The summed E-state index contributed by atoms with van der Waals surface area (Å²) < 4.78 is 5.13. The van der Waals surface area contributed by atoms with Crippen molar-refractivity contribution in [1.29, 1.82) is 0 Å². The molecule has 1 aromatic heterocycles. The Hall–Kier alpha value is -1.08. The molecule has 0 spiro atoms. The molecule has 7 heteroatoms. The highest BCUT2D eigenvalue weighted by Gasteiger charge is 2.03. The maximum absolute atomic E-state index is 10.7. The van der Waals surface area contributed by atoms with Crippen molar-refractivity contribution in [3.8, 4) is 0 Å². The maximum atomic E-state index is 10.7. The number of hydrogen-bond acceptors (Lipinski definition) is 6. The summed E-state index contributed by atoms with van der Waals surface area (Å²) in [6.07, 6.45) is 1.14. The number of nitrogens with two attached hydrogens (primary N) is 1. The van der Waals surface area contributed by atoms with Crippen molar-refractivity contribution in [2.24, 2.45) is 5.84 Å². The fourth-order valence-electron chi connectivity index (χ4n) is 0.801. The van der Waals surface area contributed by atoms with Gasteiger partial charge in [-0.1, -0.05) is 11.8 Å². The van der Waals surface area contributed by atoms with E-state index in [1.807, 2.05) is 0 Å². The number of hydrogen-bond donors (Lipinski definition) is 2. The lowest BCUT2D eigenvalue weighted by Crippen LogP contribution is -2.29. The van der Waals surface area contributed by atoms with Crippen molar-refractivity contribution in [2.75, 3.05) is 5.75 Å². The fourth-order valence-corrected chi connectivity index (χ4v) is 1.54. The third-order valence-corrected chi connectivity index (χ3v) is 2.35. The molecule has 1 aromatic rings. The SMILES string of the molecule is Cc1nnc(SCCCC(=O)NN)o1. The molecule has 78 valence electrons. The predicted octanol–water partition coefficient (Wildman–Crippen LogP) is 0.240. The van der Waals surface area contributed by atoms with E-state index >= 15 is 0 Å². The number of rotatable bonds is 5. The highest BCUT2D eigenvalue weighted by molar-refractivity contribution is 7.99. The summed E-state index contributed by atoms with van der Waals surface area (Å²) in [5.41, 5.74) is 2.07. The lowest BCUT2D eigenvalue weighted by atomic mass is 10.3. The number of thioether (sulfide) groups is 1. The molecule has 0 saturated carbocycles. The zero-order chi connectivity index (χ0) is 10.4. The summed E-state index contributed by atoms with van der Waals surface area (Å²) in [4.78, 5) is 10.7. The third-order valence-electron chi connectivity index (χ3n) is 1.44. The van der Waals surface area contributed by atoms with Gasteiger partial charge in [-0.2, -0.15) is 0 Å². The van der Waals surface area contributed by atoms with Gasteiger partial charge in [0.1, 0.15) is 0 Å². The van der Waals surface area contributed by atoms with E-state index in [-0.39, 0.29) is 5.91 Å². The summed E-state index contributed by atoms with van der Waals surface area (Å²) in [5, 5.41) is 8.02. The normalized spacial score (nSPS) is 10.1. The smallest absolute Gasteiger partial charge is 0.276 e. The van der Waals surface area contributed by atoms with Gasteiger partial charge in [-0.05, 0) is 6.42 Å². The molecule has 1 rings (SSSR count). The van der Waals surface area contributed by atoms with Gasteiger partial charge in [-0.15, -0.1) is 10.2 Å². The van der Waals surface area contributed by atoms with Crippen LogP contribution in [0.5, 0.6) is 0 Å². The van der Waals surface area contributed by atoms with Crippen LogP contribution in [0.15, 0.2) is 9.64 Å². The second kappa shape index (κ2) is 5.61. The van der Waals surface area contributed by atoms with Crippen LogP contribution in [0.2, 0.25) is 0 Å². The molecule has 14 heavy (non-hydrogen) atoms. The van der Waals surface area contributed by atoms with Crippen LogP contribution < -0.4 is 11.3 Å². The van der Waals surface area contributed by atoms with Gasteiger partial charge in [0.2, 0.25) is 11.8 Å². The molecule has 0 bridgehead atoms. The van der Waals surface area contributed by atoms with Gasteiger partial charge in [0, 0.05) is 19.1 Å². The molecule has 3 N–H and O–H groups in total. The van der Waals surface area contributed by atoms with Crippen LogP contribution in [-0.4, -0.2) is 21.9 Å². The minimum atomic E-state index is -0.160. The molecular weight excluding hydrogens is 204 g/mol. The Labute approximate surface area is 85.6 Å². The number of aromatic nitrogens is 2. The largest absolute Gasteiger partial charge is 0.416 e. The standard InChI is InChI=1S/C7H12N4O2S/c1-5-10-11-7(13-5)14-4-2-3-6(12)9-8/h2-4,8H2,1H3,(H,9,12). The molecule has 0 unspecified atom stereocenters. The Morgan fingerprint density at radius 2 is 2.43 bits per heavy atom. The number of nitrogens with zero attached hydrogens (tertiary/aromatic N) is 2. The molecule has 1 heterocycles. The van der Waals surface area contributed by atoms with Gasteiger partial charge in [0.25, 0.3) is 5.22 Å². The number of carbonyl (C=O) groups is 1. The molecule has 0 aliphatic rings. The van der Waals surface area contributed by atoms with Crippen molar-refractivity contribution in [3.63, 3.8) is 0 Å². The number of carbonyl (C=O) groups excluding carboxylic acids is 1. The molecule has 0 atom stereocenters. The topological polar surface area (TPSA) is 94.0 Å². The van der Waals surface area contributed by atoms with E-state index in [9.17, 15) is 4.79 Å². The summed E-state index contributed by atoms with van der Waals surface area (Å²) in [5.74, 6) is 6.07. The lowest BCUT2D eigenvalue weighted by molar-refractivity contribution is -0.121. The van der Waals surface area contributed by atoms with E-state index in [0.29, 0.717) is 17.5 Å². The van der Waals surface area contributed by atoms with Gasteiger partial charge in [0.05, 0.1) is 0 Å². The van der Waals surface area contributed by atoms with Crippen LogP contribution in [0, 0.1) is 6.92 Å². The Kier molecular flexibility index (Phi) is 4.41. The van der Waals surface area contributed by atoms with Gasteiger partial charge in [0.15, 0.2) is 0 Å². The molecular formula is C7H12N4O2S. The minimum absolute atomic E-state index is 0.160. The summed E-state index contributed by atoms with van der Waals surface area (Å²) in [7, 11) is 0. The zero-order valence-electron chi connectivity index (χ0n) is 7.82. The molecule has 0 aliphatic carbocycles. The third kappa shape index (κ3) is 3.75. The van der Waals surface area contributed by atoms with Crippen LogP contribution in [0.3, 0.4) is 0 Å². The first kappa shape index (κ1) is 11.0. The molecule has 6 nitrogen and oxygen atoms in total. The van der Waals surface area contributed by atoms with E-state index in [4.69, 9.17) is 10.3 Å². The van der Waals surface area contributed by atoms with Crippen LogP contribution in [0.4, 0.5) is 0 Å². The van der Waals surface area contributed by atoms with E-state index < -0.39 is 0 Å². The summed E-state index contributed by atoms with van der Waals surface area (Å²) in [6, 6.07) is 0. The summed E-state index contributed by atoms with van der Waals surface area (Å²) in [6.45, 7) is 1.74. The average molecular weight is 216 g/mol. The highest BCUT2D eigenvalue weighted by atomic mass is 32.2. The number of hydrazine groups is 1. The first-order chi connectivity index (χ1) is 6.72. The van der Waals surface area contributed by atoms with E-state index in [2.05, 4.69) is 15.6 Å². The lowest BCUT2D eigenvalue weighted by Gasteiger charge is -1.97. The molecule has 0 aliphatic heterocycles. The monoisotopic (exact) mass is 216 g/mol. The van der Waals surface area contributed by atoms with Crippen LogP contribution in [0.1, 0.15) is 18.7 Å². The van der Waals surface area contributed by atoms with Crippen molar-refractivity contribution in [2.45, 2.75) is 25.0 Å². The van der Waals surface area contributed by atoms with Gasteiger partial charge in [-0.25, -0.2) is 5.84 Å². The van der Waals surface area contributed by atoms with Gasteiger partial charge in [-0.3, -0.25) is 10.2 Å². The molecule has 0 radical (unpaired) electrons. The minimum Gasteiger partial charge on any atom is -0.416 e. The molecule has 0 saturated heterocycles. The Morgan fingerprint density at radius 3 is 3.00 bits per heavy atom. The van der Waals surface area contributed by atoms with Crippen molar-refractivity contribution < 1.29 is 9.21 Å². The van der Waals surface area contributed by atoms with Crippen LogP contribution in [-0.2, 0) is 4.79 Å². The van der Waals surface area contributed by atoms with Crippen molar-refractivity contribution >= 4 is 17.7 Å². The average Bonchev–Trinajstić information content (AvgIpc) is 2.58. The Bertz CT molecular complexity index is 302.